The molecule has 8 heteroatoms. The van der Waals surface area contributed by atoms with Gasteiger partial charge in [0, 0.05) is 33.7 Å². The number of rotatable bonds is 6. The van der Waals surface area contributed by atoms with Gasteiger partial charge in [-0.05, 0) is 31.2 Å². The van der Waals surface area contributed by atoms with Crippen molar-refractivity contribution >= 4 is 39.9 Å². The van der Waals surface area contributed by atoms with Crippen LogP contribution in [0.25, 0.3) is 22.2 Å². The highest BCUT2D eigenvalue weighted by atomic mass is 35.5. The molecule has 0 saturated heterocycles. The van der Waals surface area contributed by atoms with Crippen molar-refractivity contribution in [3.05, 3.63) is 105 Å². The molecule has 0 amide bonds. The van der Waals surface area contributed by atoms with Crippen LogP contribution in [0.1, 0.15) is 26.3 Å². The lowest BCUT2D eigenvalue weighted by molar-refractivity contribution is -0.384. The average molecular weight is 461 g/mol. The predicted molar refractivity (Wildman–Crippen MR) is 125 cm³/mol. The number of Topliss-reactive ketones (excluding diaryl/α,β-unsaturated/α-hetero) is 1. The zero-order valence-corrected chi connectivity index (χ0v) is 18.2. The quantitative estimate of drug-likeness (QED) is 0.156. The Kier molecular flexibility index (Phi) is 6.15. The van der Waals surface area contributed by atoms with Gasteiger partial charge in [-0.3, -0.25) is 14.9 Å². The minimum atomic E-state index is -0.725. The van der Waals surface area contributed by atoms with Crippen molar-refractivity contribution in [2.45, 2.75) is 6.92 Å². The van der Waals surface area contributed by atoms with Crippen LogP contribution in [0.5, 0.6) is 0 Å². The first-order valence-corrected chi connectivity index (χ1v) is 10.3. The number of ether oxygens (including phenoxy) is 1. The number of ketones is 1. The number of nitro groups is 1. The number of halogens is 1. The summed E-state index contributed by atoms with van der Waals surface area (Å²) in [6.45, 7) is 1.41. The molecule has 7 nitrogen and oxygen atoms in total. The number of non-ortho nitro benzene ring substituents is 1. The van der Waals surface area contributed by atoms with Crippen LogP contribution in [-0.4, -0.2) is 28.3 Å². The highest BCUT2D eigenvalue weighted by molar-refractivity contribution is 6.31. The Labute approximate surface area is 193 Å². The minimum Gasteiger partial charge on any atom is -0.454 e. The lowest BCUT2D eigenvalue weighted by atomic mass is 10.0. The normalized spacial score (nSPS) is 10.7. The molecule has 0 unspecified atom stereocenters. The van der Waals surface area contributed by atoms with Gasteiger partial charge in [0.25, 0.3) is 5.69 Å². The Hall–Kier alpha value is -4.10. The maximum Gasteiger partial charge on any atom is 0.339 e. The lowest BCUT2D eigenvalue weighted by Crippen LogP contribution is -2.15. The summed E-state index contributed by atoms with van der Waals surface area (Å²) in [5.41, 5.74) is 3.11. The van der Waals surface area contributed by atoms with E-state index < -0.39 is 23.3 Å². The topological polar surface area (TPSA) is 99.4 Å². The van der Waals surface area contributed by atoms with E-state index in [-0.39, 0.29) is 16.8 Å². The summed E-state index contributed by atoms with van der Waals surface area (Å²) in [4.78, 5) is 40.4. The highest BCUT2D eigenvalue weighted by Crippen LogP contribution is 2.28. The molecule has 1 heterocycles. The molecule has 0 fully saturated rings. The number of benzene rings is 3. The van der Waals surface area contributed by atoms with Crippen LogP contribution >= 0.6 is 11.6 Å². The summed E-state index contributed by atoms with van der Waals surface area (Å²) in [6, 6.07) is 19.6. The molecule has 0 atom stereocenters. The van der Waals surface area contributed by atoms with Gasteiger partial charge in [-0.25, -0.2) is 9.78 Å². The highest BCUT2D eigenvalue weighted by Gasteiger charge is 2.18. The van der Waals surface area contributed by atoms with Gasteiger partial charge in [-0.1, -0.05) is 53.6 Å². The summed E-state index contributed by atoms with van der Waals surface area (Å²) in [5, 5.41) is 11.9. The van der Waals surface area contributed by atoms with Crippen LogP contribution in [0.3, 0.4) is 0 Å². The number of hydrogen-bond donors (Lipinski definition) is 0. The molecular weight excluding hydrogens is 444 g/mol. The van der Waals surface area contributed by atoms with Crippen molar-refractivity contribution in [2.24, 2.45) is 0 Å². The maximum atomic E-state index is 13.0. The number of hydrogen-bond acceptors (Lipinski definition) is 6. The molecule has 0 saturated carbocycles. The second-order valence-corrected chi connectivity index (χ2v) is 7.83. The number of aromatic nitrogens is 1. The van der Waals surface area contributed by atoms with Gasteiger partial charge in [0.05, 0.1) is 21.7 Å². The van der Waals surface area contributed by atoms with E-state index in [1.165, 1.54) is 18.2 Å². The van der Waals surface area contributed by atoms with Gasteiger partial charge in [0.2, 0.25) is 5.78 Å². The summed E-state index contributed by atoms with van der Waals surface area (Å²) in [5.74, 6) is -1.28. The van der Waals surface area contributed by atoms with E-state index in [0.717, 1.165) is 17.2 Å². The fraction of sp³-hybridized carbons (Fsp3) is 0.0800. The predicted octanol–water partition coefficient (Wildman–Crippen LogP) is 5.81. The van der Waals surface area contributed by atoms with Crippen molar-refractivity contribution in [3.63, 3.8) is 0 Å². The standard InChI is InChI=1S/C25H17ClN2O5/c1-15-5-7-16(8-6-15)23-13-21(20-12-18(26)9-10-22(20)27-23)25(30)33-14-24(29)17-3-2-4-19(11-17)28(31)32/h2-13H,14H2,1H3. The fourth-order valence-electron chi connectivity index (χ4n) is 3.32. The molecule has 0 spiro atoms. The maximum absolute atomic E-state index is 13.0. The summed E-state index contributed by atoms with van der Waals surface area (Å²) in [6.07, 6.45) is 0. The van der Waals surface area contributed by atoms with Crippen molar-refractivity contribution < 1.29 is 19.2 Å². The number of aryl methyl sites for hydroxylation is 1. The number of carbonyl (C=O) groups is 2. The molecule has 0 bridgehead atoms. The Balaban J connectivity index is 1.64. The molecule has 0 aliphatic rings. The third-order valence-electron chi connectivity index (χ3n) is 5.05. The average Bonchev–Trinajstić information content (AvgIpc) is 2.82. The molecule has 1 aromatic heterocycles. The molecule has 0 aliphatic heterocycles. The molecule has 4 rings (SSSR count). The van der Waals surface area contributed by atoms with Crippen LogP contribution in [0.2, 0.25) is 5.02 Å². The van der Waals surface area contributed by atoms with Crippen LogP contribution in [-0.2, 0) is 4.74 Å². The molecule has 4 aromatic rings. The van der Waals surface area contributed by atoms with Crippen LogP contribution < -0.4 is 0 Å². The molecular formula is C25H17ClN2O5. The number of nitro benzene ring substituents is 1. The Morgan fingerprint density at radius 1 is 1.03 bits per heavy atom. The zero-order chi connectivity index (χ0) is 23.5. The molecule has 3 aromatic carbocycles. The van der Waals surface area contributed by atoms with Gasteiger partial charge in [0.15, 0.2) is 6.61 Å². The van der Waals surface area contributed by atoms with Crippen molar-refractivity contribution in [1.82, 2.24) is 4.98 Å². The SMILES string of the molecule is Cc1ccc(-c2cc(C(=O)OCC(=O)c3cccc([N+](=O)[O-])c3)c3cc(Cl)ccc3n2)cc1. The van der Waals surface area contributed by atoms with Crippen LogP contribution in [0.15, 0.2) is 72.8 Å². The monoisotopic (exact) mass is 460 g/mol. The first-order chi connectivity index (χ1) is 15.8. The fourth-order valence-corrected chi connectivity index (χ4v) is 3.50. The van der Waals surface area contributed by atoms with Gasteiger partial charge >= 0.3 is 5.97 Å². The van der Waals surface area contributed by atoms with E-state index in [2.05, 4.69) is 4.98 Å². The van der Waals surface area contributed by atoms with Gasteiger partial charge in [0.1, 0.15) is 0 Å². The van der Waals surface area contributed by atoms with Gasteiger partial charge in [-0.2, -0.15) is 0 Å². The van der Waals surface area contributed by atoms with E-state index in [4.69, 9.17) is 16.3 Å². The summed E-state index contributed by atoms with van der Waals surface area (Å²) in [7, 11) is 0. The first-order valence-electron chi connectivity index (χ1n) is 9.94. The Morgan fingerprint density at radius 2 is 1.79 bits per heavy atom. The van der Waals surface area contributed by atoms with Crippen molar-refractivity contribution in [2.75, 3.05) is 6.61 Å². The van der Waals surface area contributed by atoms with Crippen LogP contribution in [0, 0.1) is 17.0 Å². The third kappa shape index (κ3) is 4.88. The Bertz CT molecular complexity index is 1400. The van der Waals surface area contributed by atoms with Crippen molar-refractivity contribution in [1.29, 1.82) is 0 Å². The lowest BCUT2D eigenvalue weighted by Gasteiger charge is -2.11. The van der Waals surface area contributed by atoms with E-state index in [1.807, 2.05) is 31.2 Å². The van der Waals surface area contributed by atoms with Crippen molar-refractivity contribution in [3.8, 4) is 11.3 Å². The number of carbonyl (C=O) groups excluding carboxylic acids is 2. The van der Waals surface area contributed by atoms with E-state index in [1.54, 1.807) is 24.3 Å². The van der Waals surface area contributed by atoms with E-state index in [0.29, 0.717) is 21.6 Å². The largest absolute Gasteiger partial charge is 0.454 e. The Morgan fingerprint density at radius 3 is 2.52 bits per heavy atom. The molecule has 33 heavy (non-hydrogen) atoms. The molecule has 0 radical (unpaired) electrons. The number of nitrogens with zero attached hydrogens (tertiary/aromatic N) is 2. The third-order valence-corrected chi connectivity index (χ3v) is 5.29. The number of pyridine rings is 1. The van der Waals surface area contributed by atoms with Gasteiger partial charge < -0.3 is 4.74 Å². The molecule has 0 aliphatic carbocycles. The smallest absolute Gasteiger partial charge is 0.339 e. The van der Waals surface area contributed by atoms with Gasteiger partial charge in [-0.15, -0.1) is 0 Å². The van der Waals surface area contributed by atoms with E-state index in [9.17, 15) is 19.7 Å². The molecule has 0 N–H and O–H groups in total. The second-order valence-electron chi connectivity index (χ2n) is 7.39. The van der Waals surface area contributed by atoms with Crippen LogP contribution in [0.4, 0.5) is 5.69 Å². The molecule has 164 valence electrons. The zero-order valence-electron chi connectivity index (χ0n) is 17.4. The summed E-state index contributed by atoms with van der Waals surface area (Å²) < 4.78 is 5.27. The number of fused-ring (bicyclic) bond motifs is 1. The first kappa shape index (κ1) is 22.1. The number of esters is 1. The summed E-state index contributed by atoms with van der Waals surface area (Å²) >= 11 is 6.13. The second kappa shape index (κ2) is 9.18. The van der Waals surface area contributed by atoms with E-state index >= 15 is 0 Å². The minimum absolute atomic E-state index is 0.0833.